The van der Waals surface area contributed by atoms with Crippen molar-refractivity contribution in [1.82, 2.24) is 0 Å². The number of hydrogen-bond donors (Lipinski definition) is 0. The Balaban J connectivity index is 0.000000208. The van der Waals surface area contributed by atoms with Crippen molar-refractivity contribution in [1.29, 1.82) is 0 Å². The van der Waals surface area contributed by atoms with Crippen LogP contribution in [-0.4, -0.2) is 0 Å². The van der Waals surface area contributed by atoms with E-state index in [1.54, 1.807) is 0 Å². The van der Waals surface area contributed by atoms with Crippen LogP contribution in [0.5, 0.6) is 0 Å². The van der Waals surface area contributed by atoms with Crippen LogP contribution in [0.15, 0.2) is 60.7 Å². The van der Waals surface area contributed by atoms with Gasteiger partial charge in [0.1, 0.15) is 23.3 Å². The van der Waals surface area contributed by atoms with E-state index in [1.807, 2.05) is 64.1 Å². The summed E-state index contributed by atoms with van der Waals surface area (Å²) in [5, 5.41) is 0. The Morgan fingerprint density at radius 3 is 1.33 bits per heavy atom. The number of benzene rings is 4. The fourth-order valence-corrected chi connectivity index (χ4v) is 6.75. The van der Waals surface area contributed by atoms with E-state index in [2.05, 4.69) is 61.2 Å². The van der Waals surface area contributed by atoms with E-state index in [4.69, 9.17) is 0 Å². The minimum Gasteiger partial charge on any atom is -0.205 e. The molecule has 54 heavy (non-hydrogen) atoms. The van der Waals surface area contributed by atoms with Crippen molar-refractivity contribution < 1.29 is 17.6 Å². The molecule has 0 aromatic heterocycles. The molecular weight excluding hydrogens is 677 g/mol. The second-order valence-corrected chi connectivity index (χ2v) is 15.2. The lowest BCUT2D eigenvalue weighted by Gasteiger charge is -2.21. The molecule has 0 heterocycles. The van der Waals surface area contributed by atoms with Crippen molar-refractivity contribution in [3.8, 4) is 47.4 Å². The molecule has 0 nitrogen and oxygen atoms in total. The Kier molecular flexibility index (Phi) is 13.9. The maximum Gasteiger partial charge on any atom is 0.143 e. The predicted octanol–water partition coefficient (Wildman–Crippen LogP) is 12.3. The summed E-state index contributed by atoms with van der Waals surface area (Å²) in [4.78, 5) is 0. The van der Waals surface area contributed by atoms with Gasteiger partial charge >= 0.3 is 0 Å². The number of aryl methyl sites for hydroxylation is 4. The maximum absolute atomic E-state index is 14.4. The van der Waals surface area contributed by atoms with Crippen molar-refractivity contribution in [2.24, 2.45) is 23.7 Å². The fourth-order valence-electron chi connectivity index (χ4n) is 6.75. The van der Waals surface area contributed by atoms with Crippen molar-refractivity contribution in [3.63, 3.8) is 0 Å². The minimum absolute atomic E-state index is 0.202. The third kappa shape index (κ3) is 11.4. The van der Waals surface area contributed by atoms with Gasteiger partial charge in [-0.2, -0.15) is 0 Å². The second kappa shape index (κ2) is 18.7. The molecule has 2 saturated carbocycles. The molecule has 0 N–H and O–H groups in total. The summed E-state index contributed by atoms with van der Waals surface area (Å²) < 4.78 is 57.5. The average Bonchev–Trinajstić information content (AvgIpc) is 3.13. The van der Waals surface area contributed by atoms with Gasteiger partial charge in [-0.25, -0.2) is 17.6 Å². The van der Waals surface area contributed by atoms with Crippen LogP contribution in [0.2, 0.25) is 0 Å². The molecule has 4 aromatic rings. The van der Waals surface area contributed by atoms with E-state index >= 15 is 0 Å². The van der Waals surface area contributed by atoms with E-state index in [0.717, 1.165) is 70.9 Å². The van der Waals surface area contributed by atoms with E-state index in [1.165, 1.54) is 49.9 Å². The van der Waals surface area contributed by atoms with Gasteiger partial charge in [-0.15, -0.1) is 0 Å². The third-order valence-electron chi connectivity index (χ3n) is 10.5. The van der Waals surface area contributed by atoms with Crippen LogP contribution in [0.3, 0.4) is 0 Å². The van der Waals surface area contributed by atoms with Gasteiger partial charge in [-0.1, -0.05) is 85.0 Å². The van der Waals surface area contributed by atoms with Crippen LogP contribution < -0.4 is 0 Å². The normalized spacial score (nSPS) is 18.9. The minimum atomic E-state index is -0.659. The Morgan fingerprint density at radius 2 is 0.889 bits per heavy atom. The van der Waals surface area contributed by atoms with Crippen LogP contribution in [0.4, 0.5) is 17.6 Å². The Labute approximate surface area is 320 Å². The van der Waals surface area contributed by atoms with E-state index in [0.29, 0.717) is 23.0 Å². The quantitative estimate of drug-likeness (QED) is 0.125. The molecule has 0 aliphatic heterocycles. The Morgan fingerprint density at radius 1 is 0.426 bits per heavy atom. The summed E-state index contributed by atoms with van der Waals surface area (Å²) in [6.45, 7) is 12.5. The lowest BCUT2D eigenvalue weighted by atomic mass is 9.83. The first-order valence-electron chi connectivity index (χ1n) is 19.0. The Hall–Kier alpha value is -5.16. The van der Waals surface area contributed by atoms with Gasteiger partial charge in [0.25, 0.3) is 0 Å². The lowest BCUT2D eigenvalue weighted by Crippen LogP contribution is -2.10. The standard InChI is InChI=1S/2C25H24F2/c1-17-4-7-20(8-5-17)9-10-21-15-24(26)23(25(27)16-21)13-12-22-11-6-18(2)14-19(22)3;1-17-4-7-20(8-5-17)10-11-22-15-24(26)23(25(27)16-22)13-12-21-9-6-18(2)19(3)14-21/h6,11,14-17,20H,4-5,7-8H2,1-3H3;6,9,14-17,20H,4-5,7-8H2,1-3H3. The molecule has 0 atom stereocenters. The molecule has 0 radical (unpaired) electrons. The number of hydrogen-bond acceptors (Lipinski definition) is 0. The number of halogens is 4. The first kappa shape index (κ1) is 40.0. The monoisotopic (exact) mass is 724 g/mol. The highest BCUT2D eigenvalue weighted by Gasteiger charge is 2.17. The van der Waals surface area contributed by atoms with Gasteiger partial charge in [0.15, 0.2) is 0 Å². The molecule has 2 fully saturated rings. The van der Waals surface area contributed by atoms with Crippen LogP contribution in [0, 0.1) is 122 Å². The van der Waals surface area contributed by atoms with Gasteiger partial charge in [0, 0.05) is 34.1 Å². The van der Waals surface area contributed by atoms with Crippen molar-refractivity contribution in [3.05, 3.63) is 140 Å². The van der Waals surface area contributed by atoms with Crippen molar-refractivity contribution in [2.45, 2.75) is 92.9 Å². The van der Waals surface area contributed by atoms with Gasteiger partial charge < -0.3 is 0 Å². The van der Waals surface area contributed by atoms with Crippen LogP contribution in [0.1, 0.15) is 121 Å². The van der Waals surface area contributed by atoms with Crippen LogP contribution in [-0.2, 0) is 0 Å². The molecule has 6 rings (SSSR count). The van der Waals surface area contributed by atoms with Crippen molar-refractivity contribution >= 4 is 0 Å². The molecule has 0 unspecified atom stereocenters. The van der Waals surface area contributed by atoms with Crippen molar-refractivity contribution in [2.75, 3.05) is 0 Å². The van der Waals surface area contributed by atoms with Gasteiger partial charge in [0.2, 0.25) is 0 Å². The van der Waals surface area contributed by atoms with Crippen LogP contribution in [0.25, 0.3) is 0 Å². The van der Waals surface area contributed by atoms with E-state index in [-0.39, 0.29) is 11.1 Å². The highest BCUT2D eigenvalue weighted by molar-refractivity contribution is 5.51. The number of rotatable bonds is 0. The highest BCUT2D eigenvalue weighted by Crippen LogP contribution is 2.29. The summed E-state index contributed by atoms with van der Waals surface area (Å²) in [7, 11) is 0. The zero-order chi connectivity index (χ0) is 38.8. The summed E-state index contributed by atoms with van der Waals surface area (Å²) in [6, 6.07) is 16.7. The zero-order valence-corrected chi connectivity index (χ0v) is 32.3. The summed E-state index contributed by atoms with van der Waals surface area (Å²) >= 11 is 0. The lowest BCUT2D eigenvalue weighted by molar-refractivity contribution is 0.337. The molecule has 276 valence electrons. The van der Waals surface area contributed by atoms with Crippen LogP contribution >= 0.6 is 0 Å². The molecular formula is C50H48F4. The summed E-state index contributed by atoms with van der Waals surface area (Å²) in [6.07, 6.45) is 8.97. The maximum atomic E-state index is 14.4. The SMILES string of the molecule is Cc1ccc(C#Cc2c(F)cc(C#CC3CCC(C)CC3)cc2F)c(C)c1.Cc1ccc(C#Cc2c(F)cc(C#CC3CCC(C)CC3)cc2F)cc1C. The third-order valence-corrected chi connectivity index (χ3v) is 10.5. The van der Waals surface area contributed by atoms with Gasteiger partial charge in [-0.3, -0.25) is 0 Å². The molecule has 2 aliphatic rings. The smallest absolute Gasteiger partial charge is 0.143 e. The topological polar surface area (TPSA) is 0 Å². The first-order chi connectivity index (χ1) is 25.8. The molecule has 0 amide bonds. The largest absolute Gasteiger partial charge is 0.205 e. The molecule has 0 spiro atoms. The average molecular weight is 725 g/mol. The fraction of sp³-hybridized carbons (Fsp3) is 0.360. The Bertz CT molecular complexity index is 2190. The molecule has 2 aliphatic carbocycles. The molecule has 4 aromatic carbocycles. The first-order valence-corrected chi connectivity index (χ1v) is 19.0. The molecule has 4 heteroatoms. The predicted molar refractivity (Wildman–Crippen MR) is 213 cm³/mol. The van der Waals surface area contributed by atoms with Gasteiger partial charge in [0.05, 0.1) is 11.1 Å². The molecule has 0 saturated heterocycles. The highest BCUT2D eigenvalue weighted by atomic mass is 19.1. The summed E-state index contributed by atoms with van der Waals surface area (Å²) in [5.74, 6) is 22.8. The van der Waals surface area contributed by atoms with E-state index < -0.39 is 23.3 Å². The molecule has 0 bridgehead atoms. The second-order valence-electron chi connectivity index (χ2n) is 15.2. The van der Waals surface area contributed by atoms with Gasteiger partial charge in [-0.05, 0) is 150 Å². The zero-order valence-electron chi connectivity index (χ0n) is 32.3. The summed E-state index contributed by atoms with van der Waals surface area (Å²) in [5.41, 5.74) is 6.25. The van der Waals surface area contributed by atoms with E-state index in [9.17, 15) is 17.6 Å².